The van der Waals surface area contributed by atoms with Gasteiger partial charge >= 0.3 is 0 Å². The number of nitrogens with one attached hydrogen (secondary N) is 2. The summed E-state index contributed by atoms with van der Waals surface area (Å²) in [5.41, 5.74) is 6.51. The summed E-state index contributed by atoms with van der Waals surface area (Å²) in [6.45, 7) is 9.61. The molecule has 2 heterocycles. The number of benzene rings is 1. The lowest BCUT2D eigenvalue weighted by atomic mass is 9.84. The summed E-state index contributed by atoms with van der Waals surface area (Å²) in [4.78, 5) is 45.0. The van der Waals surface area contributed by atoms with E-state index >= 15 is 0 Å². The number of piperidine rings is 1. The number of ether oxygens (including phenoxy) is 2. The van der Waals surface area contributed by atoms with Crippen LogP contribution in [0.25, 0.3) is 0 Å². The zero-order valence-corrected chi connectivity index (χ0v) is 27.0. The Balaban J connectivity index is 1.35. The van der Waals surface area contributed by atoms with E-state index in [4.69, 9.17) is 15.2 Å². The Morgan fingerprint density at radius 1 is 1.22 bits per heavy atom. The average molecular weight is 620 g/mol. The van der Waals surface area contributed by atoms with Crippen LogP contribution in [0.5, 0.6) is 5.75 Å². The Hall–Kier alpha value is -3.63. The number of allylic oxidation sites excluding steroid dienone is 2. The molecule has 0 radical (unpaired) electrons. The van der Waals surface area contributed by atoms with Gasteiger partial charge < -0.3 is 35.6 Å². The second-order valence-corrected chi connectivity index (χ2v) is 13.3. The van der Waals surface area contributed by atoms with E-state index in [1.165, 1.54) is 6.20 Å². The predicted octanol–water partition coefficient (Wildman–Crippen LogP) is 3.96. The van der Waals surface area contributed by atoms with Gasteiger partial charge in [0, 0.05) is 45.1 Å². The molecule has 5 rings (SSSR count). The summed E-state index contributed by atoms with van der Waals surface area (Å²) in [6.07, 6.45) is 13.7. The third-order valence-corrected chi connectivity index (χ3v) is 9.57. The number of methoxy groups -OCH3 is 1. The van der Waals surface area contributed by atoms with Crippen LogP contribution in [0, 0.1) is 11.8 Å². The van der Waals surface area contributed by atoms with Crippen molar-refractivity contribution in [3.8, 4) is 5.75 Å². The molecule has 0 bridgehead atoms. The molecule has 2 aliphatic heterocycles. The number of fused-ring (bicyclic) bond motifs is 1. The number of carbonyl (C=O) groups is 3. The SMILES string of the molecule is C=C/C(=C\C=C/N)C1(NC(=O)[C@@H]2CNC[C@H](C(=O)N(c3ccc4c(c3)N(CCCOC)C(=O)C(C)(C)O4)C3CC3)C2)CCCC1. The van der Waals surface area contributed by atoms with E-state index in [2.05, 4.69) is 17.2 Å². The van der Waals surface area contributed by atoms with Crippen molar-refractivity contribution in [2.45, 2.75) is 82.4 Å². The quantitative estimate of drug-likeness (QED) is 0.239. The molecule has 0 unspecified atom stereocenters. The van der Waals surface area contributed by atoms with Gasteiger partial charge in [0.1, 0.15) is 5.75 Å². The van der Waals surface area contributed by atoms with Crippen molar-refractivity contribution in [3.05, 3.63) is 54.8 Å². The van der Waals surface area contributed by atoms with Crippen molar-refractivity contribution in [1.29, 1.82) is 0 Å². The molecule has 4 N–H and O–H groups in total. The van der Waals surface area contributed by atoms with Crippen molar-refractivity contribution >= 4 is 29.1 Å². The van der Waals surface area contributed by atoms with Gasteiger partial charge in [-0.25, -0.2) is 0 Å². The molecule has 1 aromatic carbocycles. The first kappa shape index (κ1) is 32.8. The first-order valence-electron chi connectivity index (χ1n) is 16.4. The summed E-state index contributed by atoms with van der Waals surface area (Å²) < 4.78 is 11.3. The first-order valence-corrected chi connectivity index (χ1v) is 16.4. The van der Waals surface area contributed by atoms with E-state index in [9.17, 15) is 14.4 Å². The number of nitrogens with zero attached hydrogens (tertiary/aromatic N) is 2. The highest BCUT2D eigenvalue weighted by Gasteiger charge is 2.44. The zero-order valence-electron chi connectivity index (χ0n) is 27.0. The van der Waals surface area contributed by atoms with Gasteiger partial charge in [-0.3, -0.25) is 14.4 Å². The highest BCUT2D eigenvalue weighted by Crippen LogP contribution is 2.43. The molecule has 45 heavy (non-hydrogen) atoms. The minimum atomic E-state index is -0.989. The highest BCUT2D eigenvalue weighted by atomic mass is 16.5. The van der Waals surface area contributed by atoms with Gasteiger partial charge in [0.15, 0.2) is 5.60 Å². The molecular formula is C35H49N5O5. The predicted molar refractivity (Wildman–Crippen MR) is 176 cm³/mol. The van der Waals surface area contributed by atoms with Gasteiger partial charge in [-0.2, -0.15) is 0 Å². The van der Waals surface area contributed by atoms with E-state index in [1.807, 2.05) is 29.2 Å². The number of carbonyl (C=O) groups excluding carboxylic acids is 3. The number of amides is 3. The van der Waals surface area contributed by atoms with Crippen molar-refractivity contribution in [2.24, 2.45) is 17.6 Å². The van der Waals surface area contributed by atoms with E-state index < -0.39 is 11.1 Å². The van der Waals surface area contributed by atoms with Crippen LogP contribution >= 0.6 is 0 Å². The van der Waals surface area contributed by atoms with E-state index in [1.54, 1.807) is 38.0 Å². The second kappa shape index (κ2) is 13.8. The molecule has 4 aliphatic rings. The van der Waals surface area contributed by atoms with Gasteiger partial charge in [-0.1, -0.05) is 31.6 Å². The summed E-state index contributed by atoms with van der Waals surface area (Å²) in [7, 11) is 1.65. The molecule has 1 aromatic rings. The molecule has 3 amide bonds. The van der Waals surface area contributed by atoms with Gasteiger partial charge in [-0.05, 0) is 88.4 Å². The fourth-order valence-corrected chi connectivity index (χ4v) is 7.06. The maximum atomic E-state index is 14.2. The van der Waals surface area contributed by atoms with E-state index in [0.29, 0.717) is 50.5 Å². The third-order valence-electron chi connectivity index (χ3n) is 9.57. The Bertz CT molecular complexity index is 1340. The van der Waals surface area contributed by atoms with Crippen LogP contribution in [0.2, 0.25) is 0 Å². The summed E-state index contributed by atoms with van der Waals surface area (Å²) in [5.74, 6) is -0.220. The number of hydrogen-bond donors (Lipinski definition) is 3. The van der Waals surface area contributed by atoms with Crippen molar-refractivity contribution in [2.75, 3.05) is 43.2 Å². The smallest absolute Gasteiger partial charge is 0.270 e. The molecule has 1 saturated heterocycles. The Morgan fingerprint density at radius 3 is 2.62 bits per heavy atom. The molecule has 244 valence electrons. The van der Waals surface area contributed by atoms with E-state index in [0.717, 1.165) is 49.8 Å². The Morgan fingerprint density at radius 2 is 1.96 bits per heavy atom. The minimum absolute atomic E-state index is 0.00658. The van der Waals surface area contributed by atoms with Crippen molar-refractivity contribution in [3.63, 3.8) is 0 Å². The Labute approximate surface area is 267 Å². The van der Waals surface area contributed by atoms with Crippen molar-refractivity contribution in [1.82, 2.24) is 10.6 Å². The van der Waals surface area contributed by atoms with Crippen molar-refractivity contribution < 1.29 is 23.9 Å². The number of anilines is 2. The number of hydrogen-bond acceptors (Lipinski definition) is 7. The summed E-state index contributed by atoms with van der Waals surface area (Å²) >= 11 is 0. The molecule has 3 fully saturated rings. The zero-order chi connectivity index (χ0) is 32.2. The standard InChI is InChI=1S/C35H49N5O5/c1-5-26(10-8-17-36)35(15-6-7-16-35)38-31(41)24-20-25(23-37-22-24)32(42)40(27-11-12-27)28-13-14-30-29(21-28)39(18-9-19-44-4)33(43)34(2,3)45-30/h5,8,10,13-14,17,21,24-25,27,37H,1,6-7,9,11-12,15-16,18-20,22-23,36H2,2-4H3,(H,38,41)/b17-8-,26-10+/t24-,25+/m0/s1. The van der Waals surface area contributed by atoms with Crippen LogP contribution in [0.1, 0.15) is 65.2 Å². The maximum Gasteiger partial charge on any atom is 0.270 e. The van der Waals surface area contributed by atoms with Crippen LogP contribution in [0.4, 0.5) is 11.4 Å². The highest BCUT2D eigenvalue weighted by molar-refractivity contribution is 6.04. The van der Waals surface area contributed by atoms with Crippen LogP contribution in [0.15, 0.2) is 54.8 Å². The molecule has 10 nitrogen and oxygen atoms in total. The first-order chi connectivity index (χ1) is 21.6. The van der Waals surface area contributed by atoms with Crippen LogP contribution in [0.3, 0.4) is 0 Å². The summed E-state index contributed by atoms with van der Waals surface area (Å²) in [5, 5.41) is 6.74. The largest absolute Gasteiger partial charge is 0.476 e. The van der Waals surface area contributed by atoms with Crippen LogP contribution in [-0.2, 0) is 19.1 Å². The molecule has 2 aliphatic carbocycles. The Kier molecular flexibility index (Phi) is 10.0. The van der Waals surface area contributed by atoms with Gasteiger partial charge in [-0.15, -0.1) is 0 Å². The molecular weight excluding hydrogens is 570 g/mol. The third kappa shape index (κ3) is 6.97. The fraction of sp³-hybridized carbons (Fsp3) is 0.571. The van der Waals surface area contributed by atoms with Crippen LogP contribution < -0.4 is 30.9 Å². The molecule has 10 heteroatoms. The molecule has 0 aromatic heterocycles. The maximum absolute atomic E-state index is 14.2. The normalized spacial score (nSPS) is 24.2. The van der Waals surface area contributed by atoms with Crippen LogP contribution in [-0.4, -0.2) is 68.3 Å². The van der Waals surface area contributed by atoms with E-state index in [-0.39, 0.29) is 35.6 Å². The minimum Gasteiger partial charge on any atom is -0.476 e. The lowest BCUT2D eigenvalue weighted by Crippen LogP contribution is -2.54. The monoisotopic (exact) mass is 619 g/mol. The molecule has 2 atom stereocenters. The van der Waals surface area contributed by atoms with Gasteiger partial charge in [0.2, 0.25) is 11.8 Å². The van der Waals surface area contributed by atoms with Gasteiger partial charge in [0.25, 0.3) is 5.91 Å². The number of rotatable bonds is 12. The fourth-order valence-electron chi connectivity index (χ4n) is 7.06. The number of nitrogens with two attached hydrogens (primary N) is 1. The lowest BCUT2D eigenvalue weighted by molar-refractivity contribution is -0.132. The summed E-state index contributed by atoms with van der Waals surface area (Å²) in [6, 6.07) is 5.79. The molecule has 2 saturated carbocycles. The molecule has 0 spiro atoms. The van der Waals surface area contributed by atoms with Gasteiger partial charge in [0.05, 0.1) is 23.1 Å². The second-order valence-electron chi connectivity index (χ2n) is 13.3. The average Bonchev–Trinajstić information content (AvgIpc) is 3.76. The lowest BCUT2D eigenvalue weighted by Gasteiger charge is -2.40. The topological polar surface area (TPSA) is 126 Å².